The molecular weight excluding hydrogens is 368 g/mol. The van der Waals surface area contributed by atoms with Gasteiger partial charge >= 0.3 is 0 Å². The standard InChI is InChI=1S/C22H20N4O3/c23-12-17-7-4-8-18(11-17)22(27)26-13-19(14-26)21-24-20(25-29-21)9-10-28-15-16-5-2-1-3-6-16/h1-8,11,19H,9-10,13-15H2. The normalized spacial score (nSPS) is 13.7. The third-order valence-corrected chi connectivity index (χ3v) is 4.82. The lowest BCUT2D eigenvalue weighted by molar-refractivity contribution is 0.0569. The average Bonchev–Trinajstić information content (AvgIpc) is 3.19. The van der Waals surface area contributed by atoms with Crippen LogP contribution in [0.3, 0.4) is 0 Å². The van der Waals surface area contributed by atoms with E-state index < -0.39 is 0 Å². The number of nitrogens with zero attached hydrogens (tertiary/aromatic N) is 4. The van der Waals surface area contributed by atoms with E-state index in [1.54, 1.807) is 29.2 Å². The van der Waals surface area contributed by atoms with E-state index in [9.17, 15) is 4.79 Å². The Morgan fingerprint density at radius 3 is 2.83 bits per heavy atom. The largest absolute Gasteiger partial charge is 0.376 e. The van der Waals surface area contributed by atoms with Gasteiger partial charge in [-0.2, -0.15) is 10.2 Å². The maximum absolute atomic E-state index is 12.5. The first kappa shape index (κ1) is 18.8. The van der Waals surface area contributed by atoms with E-state index >= 15 is 0 Å². The van der Waals surface area contributed by atoms with Crippen LogP contribution in [0.1, 0.15) is 39.1 Å². The molecule has 1 amide bonds. The van der Waals surface area contributed by atoms with Gasteiger partial charge in [0.05, 0.1) is 30.8 Å². The lowest BCUT2D eigenvalue weighted by atomic mass is 9.98. The van der Waals surface area contributed by atoms with Crippen LogP contribution in [0.15, 0.2) is 59.1 Å². The van der Waals surface area contributed by atoms with Crippen LogP contribution in [-0.2, 0) is 17.8 Å². The van der Waals surface area contributed by atoms with Crippen LogP contribution in [0.2, 0.25) is 0 Å². The third kappa shape index (κ3) is 4.50. The summed E-state index contributed by atoms with van der Waals surface area (Å²) in [7, 11) is 0. The van der Waals surface area contributed by atoms with Crippen LogP contribution >= 0.6 is 0 Å². The smallest absolute Gasteiger partial charge is 0.253 e. The van der Waals surface area contributed by atoms with Crippen molar-refractivity contribution in [3.63, 3.8) is 0 Å². The van der Waals surface area contributed by atoms with Crippen molar-refractivity contribution in [1.82, 2.24) is 15.0 Å². The van der Waals surface area contributed by atoms with Crippen molar-refractivity contribution in [3.8, 4) is 6.07 Å². The van der Waals surface area contributed by atoms with E-state index in [0.717, 1.165) is 5.56 Å². The molecule has 0 spiro atoms. The first-order valence-corrected chi connectivity index (χ1v) is 9.46. The summed E-state index contributed by atoms with van der Waals surface area (Å²) in [5.74, 6) is 1.12. The molecule has 0 atom stereocenters. The molecule has 3 aromatic rings. The number of amides is 1. The van der Waals surface area contributed by atoms with E-state index in [4.69, 9.17) is 14.5 Å². The zero-order chi connectivity index (χ0) is 20.1. The summed E-state index contributed by atoms with van der Waals surface area (Å²) in [6.07, 6.45) is 0.576. The highest BCUT2D eigenvalue weighted by molar-refractivity contribution is 5.95. The molecule has 1 saturated heterocycles. The molecule has 7 nitrogen and oxygen atoms in total. The maximum Gasteiger partial charge on any atom is 0.253 e. The van der Waals surface area contributed by atoms with Crippen LogP contribution < -0.4 is 0 Å². The molecule has 1 aliphatic rings. The van der Waals surface area contributed by atoms with Gasteiger partial charge in [0, 0.05) is 25.1 Å². The quantitative estimate of drug-likeness (QED) is 0.578. The molecule has 146 valence electrons. The molecule has 0 bridgehead atoms. The molecule has 2 heterocycles. The summed E-state index contributed by atoms with van der Waals surface area (Å²) < 4.78 is 11.0. The van der Waals surface area contributed by atoms with Crippen LogP contribution in [0.5, 0.6) is 0 Å². The molecule has 0 N–H and O–H groups in total. The van der Waals surface area contributed by atoms with Gasteiger partial charge in [0.15, 0.2) is 5.82 Å². The number of likely N-dealkylation sites (tertiary alicyclic amines) is 1. The number of benzene rings is 2. The zero-order valence-corrected chi connectivity index (χ0v) is 15.8. The van der Waals surface area contributed by atoms with Crippen molar-refractivity contribution >= 4 is 5.91 Å². The lowest BCUT2D eigenvalue weighted by Crippen LogP contribution is -2.48. The number of carbonyl (C=O) groups is 1. The molecule has 2 aromatic carbocycles. The Hall–Kier alpha value is -3.50. The van der Waals surface area contributed by atoms with Crippen LogP contribution in [-0.4, -0.2) is 40.6 Å². The summed E-state index contributed by atoms with van der Waals surface area (Å²) in [6, 6.07) is 18.8. The second-order valence-electron chi connectivity index (χ2n) is 6.94. The molecule has 7 heteroatoms. The van der Waals surface area contributed by atoms with E-state index in [1.165, 1.54) is 0 Å². The molecule has 29 heavy (non-hydrogen) atoms. The minimum Gasteiger partial charge on any atom is -0.376 e. The third-order valence-electron chi connectivity index (χ3n) is 4.82. The number of ether oxygens (including phenoxy) is 1. The Morgan fingerprint density at radius 1 is 1.21 bits per heavy atom. The molecule has 0 aliphatic carbocycles. The van der Waals surface area contributed by atoms with Crippen molar-refractivity contribution in [2.75, 3.05) is 19.7 Å². The Bertz CT molecular complexity index is 1020. The number of rotatable bonds is 7. The van der Waals surface area contributed by atoms with Crippen LogP contribution in [0.25, 0.3) is 0 Å². The Kier molecular flexibility index (Phi) is 5.63. The fourth-order valence-corrected chi connectivity index (χ4v) is 3.17. The molecule has 1 aliphatic heterocycles. The highest BCUT2D eigenvalue weighted by atomic mass is 16.5. The van der Waals surface area contributed by atoms with Crippen molar-refractivity contribution in [2.45, 2.75) is 18.9 Å². The molecular formula is C22H20N4O3. The van der Waals surface area contributed by atoms with E-state index in [-0.39, 0.29) is 11.8 Å². The van der Waals surface area contributed by atoms with Crippen molar-refractivity contribution in [3.05, 3.63) is 83.0 Å². The highest BCUT2D eigenvalue weighted by Gasteiger charge is 2.36. The summed E-state index contributed by atoms with van der Waals surface area (Å²) >= 11 is 0. The SMILES string of the molecule is N#Cc1cccc(C(=O)N2CC(c3nc(CCOCc4ccccc4)no3)C2)c1. The van der Waals surface area contributed by atoms with Gasteiger partial charge in [0.1, 0.15) is 0 Å². The summed E-state index contributed by atoms with van der Waals surface area (Å²) in [5, 5.41) is 13.0. The second kappa shape index (κ2) is 8.67. The van der Waals surface area contributed by atoms with Crippen molar-refractivity contribution < 1.29 is 14.1 Å². The summed E-state index contributed by atoms with van der Waals surface area (Å²) in [6.45, 7) is 2.13. The molecule has 4 rings (SSSR count). The summed E-state index contributed by atoms with van der Waals surface area (Å²) in [5.41, 5.74) is 2.12. The van der Waals surface area contributed by atoms with Crippen LogP contribution in [0.4, 0.5) is 0 Å². The molecule has 0 radical (unpaired) electrons. The van der Waals surface area contributed by atoms with Crippen molar-refractivity contribution in [1.29, 1.82) is 5.26 Å². The predicted molar refractivity (Wildman–Crippen MR) is 104 cm³/mol. The van der Waals surface area contributed by atoms with E-state index in [0.29, 0.717) is 55.6 Å². The van der Waals surface area contributed by atoms with E-state index in [1.807, 2.05) is 30.3 Å². The molecule has 0 unspecified atom stereocenters. The number of aromatic nitrogens is 2. The van der Waals surface area contributed by atoms with Gasteiger partial charge in [-0.15, -0.1) is 0 Å². The topological polar surface area (TPSA) is 92.2 Å². The number of hydrogen-bond acceptors (Lipinski definition) is 6. The molecule has 1 fully saturated rings. The first-order chi connectivity index (χ1) is 14.2. The van der Waals surface area contributed by atoms with Gasteiger partial charge in [-0.1, -0.05) is 41.6 Å². The highest BCUT2D eigenvalue weighted by Crippen LogP contribution is 2.27. The maximum atomic E-state index is 12.5. The van der Waals surface area contributed by atoms with Gasteiger partial charge in [-0.3, -0.25) is 4.79 Å². The fraction of sp³-hybridized carbons (Fsp3) is 0.273. The minimum absolute atomic E-state index is 0.0459. The minimum atomic E-state index is -0.0904. The Balaban J connectivity index is 1.23. The molecule has 0 saturated carbocycles. The van der Waals surface area contributed by atoms with Gasteiger partial charge in [-0.05, 0) is 23.8 Å². The lowest BCUT2D eigenvalue weighted by Gasteiger charge is -2.37. The van der Waals surface area contributed by atoms with Crippen LogP contribution in [0, 0.1) is 11.3 Å². The summed E-state index contributed by atoms with van der Waals surface area (Å²) in [4.78, 5) is 18.7. The van der Waals surface area contributed by atoms with Gasteiger partial charge in [0.25, 0.3) is 5.91 Å². The van der Waals surface area contributed by atoms with Gasteiger partial charge in [-0.25, -0.2) is 0 Å². The second-order valence-corrected chi connectivity index (χ2v) is 6.94. The number of nitriles is 1. The van der Waals surface area contributed by atoms with Crippen molar-refractivity contribution in [2.24, 2.45) is 0 Å². The van der Waals surface area contributed by atoms with Gasteiger partial charge in [0.2, 0.25) is 5.89 Å². The predicted octanol–water partition coefficient (Wildman–Crippen LogP) is 2.94. The van der Waals surface area contributed by atoms with E-state index in [2.05, 4.69) is 16.2 Å². The monoisotopic (exact) mass is 388 g/mol. The zero-order valence-electron chi connectivity index (χ0n) is 15.8. The Morgan fingerprint density at radius 2 is 2.03 bits per heavy atom. The average molecular weight is 388 g/mol. The first-order valence-electron chi connectivity index (χ1n) is 9.46. The Labute approximate surface area is 168 Å². The number of carbonyl (C=O) groups excluding carboxylic acids is 1. The number of hydrogen-bond donors (Lipinski definition) is 0. The molecule has 1 aromatic heterocycles. The van der Waals surface area contributed by atoms with Gasteiger partial charge < -0.3 is 14.2 Å². The fourth-order valence-electron chi connectivity index (χ4n) is 3.17.